The van der Waals surface area contributed by atoms with Gasteiger partial charge in [-0.1, -0.05) is 26.0 Å². The van der Waals surface area contributed by atoms with Gasteiger partial charge in [-0.2, -0.15) is 0 Å². The van der Waals surface area contributed by atoms with E-state index < -0.39 is 17.7 Å². The highest BCUT2D eigenvalue weighted by atomic mass is 16.5. The average molecular weight is 467 g/mol. The summed E-state index contributed by atoms with van der Waals surface area (Å²) in [7, 11) is 0. The SMILES string of the molecule is CCOc1ccc(C(O)=C2C(=O)C(=O)N(CCN(CC)CC)[C@H]2c2ccc(OCC)cc2)cc1. The fraction of sp³-hybridized carbons (Fsp3) is 0.407. The topological polar surface area (TPSA) is 79.3 Å². The summed E-state index contributed by atoms with van der Waals surface area (Å²) in [6.45, 7) is 11.7. The first-order valence-corrected chi connectivity index (χ1v) is 11.9. The Balaban J connectivity index is 2.04. The van der Waals surface area contributed by atoms with E-state index in [-0.39, 0.29) is 11.3 Å². The zero-order valence-corrected chi connectivity index (χ0v) is 20.4. The normalized spacial score (nSPS) is 17.4. The second kappa shape index (κ2) is 11.7. The predicted molar refractivity (Wildman–Crippen MR) is 132 cm³/mol. The van der Waals surface area contributed by atoms with Crippen molar-refractivity contribution in [3.05, 3.63) is 65.2 Å². The Morgan fingerprint density at radius 3 is 1.91 bits per heavy atom. The van der Waals surface area contributed by atoms with Gasteiger partial charge < -0.3 is 24.4 Å². The van der Waals surface area contributed by atoms with E-state index >= 15 is 0 Å². The minimum absolute atomic E-state index is 0.0952. The van der Waals surface area contributed by atoms with E-state index in [2.05, 4.69) is 18.7 Å². The van der Waals surface area contributed by atoms with E-state index in [4.69, 9.17) is 9.47 Å². The maximum absolute atomic E-state index is 13.2. The minimum atomic E-state index is -0.683. The molecule has 0 aliphatic carbocycles. The van der Waals surface area contributed by atoms with Crippen LogP contribution in [-0.2, 0) is 9.59 Å². The average Bonchev–Trinajstić information content (AvgIpc) is 3.10. The predicted octanol–water partition coefficient (Wildman–Crippen LogP) is 4.25. The van der Waals surface area contributed by atoms with Crippen molar-refractivity contribution < 1.29 is 24.2 Å². The fourth-order valence-electron chi connectivity index (χ4n) is 4.19. The summed E-state index contributed by atoms with van der Waals surface area (Å²) in [5, 5.41) is 11.2. The molecule has 1 saturated heterocycles. The molecular formula is C27H34N2O5. The van der Waals surface area contributed by atoms with Crippen LogP contribution in [0.5, 0.6) is 11.5 Å². The first-order chi connectivity index (χ1) is 16.4. The third kappa shape index (κ3) is 5.42. The number of carbonyl (C=O) groups is 2. The van der Waals surface area contributed by atoms with E-state index in [0.717, 1.165) is 18.7 Å². The molecule has 1 amide bonds. The van der Waals surface area contributed by atoms with Crippen LogP contribution in [0, 0.1) is 0 Å². The molecule has 182 valence electrons. The van der Waals surface area contributed by atoms with E-state index in [1.165, 1.54) is 0 Å². The molecular weight excluding hydrogens is 432 g/mol. The number of aliphatic hydroxyl groups excluding tert-OH is 1. The lowest BCUT2D eigenvalue weighted by atomic mass is 9.95. The smallest absolute Gasteiger partial charge is 0.295 e. The second-order valence-electron chi connectivity index (χ2n) is 7.98. The summed E-state index contributed by atoms with van der Waals surface area (Å²) in [6.07, 6.45) is 0. The van der Waals surface area contributed by atoms with Gasteiger partial charge >= 0.3 is 0 Å². The van der Waals surface area contributed by atoms with Crippen LogP contribution in [0.1, 0.15) is 44.9 Å². The first-order valence-electron chi connectivity index (χ1n) is 11.9. The minimum Gasteiger partial charge on any atom is -0.507 e. The molecule has 7 nitrogen and oxygen atoms in total. The Morgan fingerprint density at radius 2 is 1.41 bits per heavy atom. The number of rotatable bonds is 11. The van der Waals surface area contributed by atoms with Crippen molar-refractivity contribution >= 4 is 17.4 Å². The number of hydrogen-bond acceptors (Lipinski definition) is 6. The number of aliphatic hydroxyl groups is 1. The lowest BCUT2D eigenvalue weighted by Crippen LogP contribution is -2.38. The number of ketones is 1. The van der Waals surface area contributed by atoms with Crippen molar-refractivity contribution in [1.29, 1.82) is 0 Å². The zero-order chi connectivity index (χ0) is 24.7. The third-order valence-corrected chi connectivity index (χ3v) is 6.04. The van der Waals surface area contributed by atoms with Crippen molar-refractivity contribution in [2.45, 2.75) is 33.7 Å². The van der Waals surface area contributed by atoms with Gasteiger partial charge in [0.2, 0.25) is 0 Å². The van der Waals surface area contributed by atoms with Crippen LogP contribution in [0.15, 0.2) is 54.1 Å². The molecule has 3 rings (SSSR count). The van der Waals surface area contributed by atoms with Gasteiger partial charge in [0.15, 0.2) is 0 Å². The molecule has 0 bridgehead atoms. The highest BCUT2D eigenvalue weighted by Gasteiger charge is 2.45. The Kier molecular flexibility index (Phi) is 8.71. The second-order valence-corrected chi connectivity index (χ2v) is 7.98. The highest BCUT2D eigenvalue weighted by Crippen LogP contribution is 2.39. The van der Waals surface area contributed by atoms with E-state index in [1.807, 2.05) is 38.1 Å². The Bertz CT molecular complexity index is 1010. The van der Waals surface area contributed by atoms with Crippen LogP contribution in [0.3, 0.4) is 0 Å². The molecule has 1 aliphatic rings. The molecule has 7 heteroatoms. The molecule has 2 aromatic carbocycles. The molecule has 1 N–H and O–H groups in total. The summed E-state index contributed by atoms with van der Waals surface area (Å²) in [4.78, 5) is 30.0. The summed E-state index contributed by atoms with van der Waals surface area (Å²) in [6, 6.07) is 13.5. The first kappa shape index (κ1) is 25.3. The Labute approximate surface area is 201 Å². The maximum Gasteiger partial charge on any atom is 0.295 e. The van der Waals surface area contributed by atoms with Crippen LogP contribution in [0.2, 0.25) is 0 Å². The van der Waals surface area contributed by atoms with Crippen LogP contribution in [-0.4, -0.2) is 66.0 Å². The summed E-state index contributed by atoms with van der Waals surface area (Å²) in [5.41, 5.74) is 1.30. The molecule has 1 fully saturated rings. The van der Waals surface area contributed by atoms with Gasteiger partial charge in [0, 0.05) is 18.7 Å². The number of ether oxygens (including phenoxy) is 2. The molecule has 0 radical (unpaired) electrons. The summed E-state index contributed by atoms with van der Waals surface area (Å²) in [5.74, 6) is -0.0893. The number of amides is 1. The molecule has 2 aromatic rings. The molecule has 0 unspecified atom stereocenters. The van der Waals surface area contributed by atoms with Crippen LogP contribution in [0.25, 0.3) is 5.76 Å². The van der Waals surface area contributed by atoms with Gasteiger partial charge in [-0.15, -0.1) is 0 Å². The molecule has 34 heavy (non-hydrogen) atoms. The van der Waals surface area contributed by atoms with E-state index in [9.17, 15) is 14.7 Å². The molecule has 1 aliphatic heterocycles. The number of carbonyl (C=O) groups excluding carboxylic acids is 2. The largest absolute Gasteiger partial charge is 0.507 e. The third-order valence-electron chi connectivity index (χ3n) is 6.04. The van der Waals surface area contributed by atoms with Crippen molar-refractivity contribution in [3.8, 4) is 11.5 Å². The standard InChI is InChI=1S/C27H34N2O5/c1-5-28(6-2)17-18-29-24(19-9-13-21(14-10-19)33-7-3)23(26(31)27(29)32)25(30)20-11-15-22(16-12-20)34-8-4/h9-16,24,30H,5-8,17-18H2,1-4H3/t24-/m0/s1. The van der Waals surface area contributed by atoms with E-state index in [0.29, 0.717) is 43.4 Å². The number of Topliss-reactive ketones (excluding diaryl/α,β-unsaturated/α-hetero) is 1. The molecule has 1 atom stereocenters. The zero-order valence-electron chi connectivity index (χ0n) is 20.4. The van der Waals surface area contributed by atoms with Gasteiger partial charge in [0.05, 0.1) is 24.8 Å². The Morgan fingerprint density at radius 1 is 0.882 bits per heavy atom. The van der Waals surface area contributed by atoms with Crippen LogP contribution < -0.4 is 9.47 Å². The van der Waals surface area contributed by atoms with Gasteiger partial charge in [0.1, 0.15) is 17.3 Å². The monoisotopic (exact) mass is 466 g/mol. The van der Waals surface area contributed by atoms with Crippen LogP contribution >= 0.6 is 0 Å². The lowest BCUT2D eigenvalue weighted by Gasteiger charge is -2.28. The molecule has 0 saturated carbocycles. The fourth-order valence-corrected chi connectivity index (χ4v) is 4.19. The lowest BCUT2D eigenvalue weighted by molar-refractivity contribution is -0.140. The van der Waals surface area contributed by atoms with Crippen LogP contribution in [0.4, 0.5) is 0 Å². The maximum atomic E-state index is 13.2. The van der Waals surface area contributed by atoms with Crippen molar-refractivity contribution in [2.24, 2.45) is 0 Å². The van der Waals surface area contributed by atoms with Crippen molar-refractivity contribution in [1.82, 2.24) is 9.80 Å². The summed E-state index contributed by atoms with van der Waals surface area (Å²) < 4.78 is 11.0. The highest BCUT2D eigenvalue weighted by molar-refractivity contribution is 6.46. The summed E-state index contributed by atoms with van der Waals surface area (Å²) >= 11 is 0. The number of nitrogens with zero attached hydrogens (tertiary/aromatic N) is 2. The van der Waals surface area contributed by atoms with Crippen molar-refractivity contribution in [2.75, 3.05) is 39.4 Å². The molecule has 1 heterocycles. The van der Waals surface area contributed by atoms with Gasteiger partial charge in [0.25, 0.3) is 11.7 Å². The van der Waals surface area contributed by atoms with Gasteiger partial charge in [-0.3, -0.25) is 9.59 Å². The number of benzene rings is 2. The van der Waals surface area contributed by atoms with Gasteiger partial charge in [-0.25, -0.2) is 0 Å². The number of hydrogen-bond donors (Lipinski definition) is 1. The molecule has 0 spiro atoms. The Hall–Kier alpha value is -3.32. The number of likely N-dealkylation sites (N-methyl/N-ethyl adjacent to an activating group) is 1. The molecule has 0 aromatic heterocycles. The quantitative estimate of drug-likeness (QED) is 0.303. The van der Waals surface area contributed by atoms with Crippen molar-refractivity contribution in [3.63, 3.8) is 0 Å². The number of likely N-dealkylation sites (tertiary alicyclic amines) is 1. The van der Waals surface area contributed by atoms with Gasteiger partial charge in [-0.05, 0) is 68.9 Å². The van der Waals surface area contributed by atoms with E-state index in [1.54, 1.807) is 29.2 Å².